The van der Waals surface area contributed by atoms with Crippen molar-refractivity contribution in [1.29, 1.82) is 0 Å². The second-order valence-electron chi connectivity index (χ2n) is 11.0. The number of hydrogen-bond donors (Lipinski definition) is 2. The molecule has 2 unspecified atom stereocenters. The molecule has 0 spiro atoms. The fraction of sp³-hybridized carbons (Fsp3) is 0.654. The number of nitrogens with zero attached hydrogens (tertiary/aromatic N) is 1. The van der Waals surface area contributed by atoms with Gasteiger partial charge in [0.1, 0.15) is 17.7 Å². The Morgan fingerprint density at radius 2 is 1.68 bits per heavy atom. The van der Waals surface area contributed by atoms with Crippen molar-refractivity contribution in [2.45, 2.75) is 97.0 Å². The quantitative estimate of drug-likeness (QED) is 0.528. The Bertz CT molecular complexity index is 854. The molecule has 1 aliphatic rings. The van der Waals surface area contributed by atoms with Crippen molar-refractivity contribution in [1.82, 2.24) is 15.5 Å². The number of benzene rings is 1. The van der Waals surface area contributed by atoms with Gasteiger partial charge in [-0.1, -0.05) is 29.8 Å². The molecule has 34 heavy (non-hydrogen) atoms. The number of hydrogen-bond acceptors (Lipinski definition) is 5. The smallest absolute Gasteiger partial charge is 0.408 e. The molecule has 1 fully saturated rings. The number of alkyl carbamates (subject to hydrolysis) is 1. The molecule has 8 heteroatoms. The van der Waals surface area contributed by atoms with E-state index in [1.165, 1.54) is 0 Å². The molecule has 1 aromatic rings. The number of nitrogens with one attached hydrogen (secondary N) is 2. The van der Waals surface area contributed by atoms with Gasteiger partial charge in [0.25, 0.3) is 0 Å². The molecule has 2 atom stereocenters. The summed E-state index contributed by atoms with van der Waals surface area (Å²) in [6.07, 6.45) is 3.44. The predicted octanol–water partition coefficient (Wildman–Crippen LogP) is 4.59. The number of ether oxygens (including phenoxy) is 1. The van der Waals surface area contributed by atoms with Gasteiger partial charge in [-0.25, -0.2) is 4.79 Å². The standard InChI is InChI=1S/C26H41N3O4S/c1-17-9-11-18(12-10-17)21(22(30)28-25(2,3)4)29(19-13-14-19)23(31)20(15-16-34-8)27-24(32)33-26(5,6)7/h9-12,19-21H,13-16H2,1-8H3,(H,27,32)(H,28,30). The van der Waals surface area contributed by atoms with Crippen LogP contribution in [0.5, 0.6) is 0 Å². The van der Waals surface area contributed by atoms with Crippen LogP contribution >= 0.6 is 11.8 Å². The van der Waals surface area contributed by atoms with Gasteiger partial charge in [-0.05, 0) is 85.3 Å². The lowest BCUT2D eigenvalue weighted by Crippen LogP contribution is -2.55. The highest BCUT2D eigenvalue weighted by Gasteiger charge is 2.44. The van der Waals surface area contributed by atoms with Crippen LogP contribution in [-0.2, 0) is 14.3 Å². The van der Waals surface area contributed by atoms with E-state index < -0.39 is 29.3 Å². The molecule has 3 amide bonds. The van der Waals surface area contributed by atoms with Gasteiger partial charge in [-0.3, -0.25) is 9.59 Å². The van der Waals surface area contributed by atoms with E-state index in [-0.39, 0.29) is 17.9 Å². The van der Waals surface area contributed by atoms with Crippen LogP contribution in [0.15, 0.2) is 24.3 Å². The van der Waals surface area contributed by atoms with Crippen LogP contribution in [0, 0.1) is 6.92 Å². The topological polar surface area (TPSA) is 87.7 Å². The predicted molar refractivity (Wildman–Crippen MR) is 138 cm³/mol. The molecule has 2 N–H and O–H groups in total. The second kappa shape index (κ2) is 11.5. The minimum Gasteiger partial charge on any atom is -0.444 e. The number of carbonyl (C=O) groups excluding carboxylic acids is 3. The Morgan fingerprint density at radius 1 is 1.09 bits per heavy atom. The van der Waals surface area contributed by atoms with Crippen LogP contribution in [0.25, 0.3) is 0 Å². The summed E-state index contributed by atoms with van der Waals surface area (Å²) in [5.74, 6) is 0.211. The first-order chi connectivity index (χ1) is 15.7. The van der Waals surface area contributed by atoms with Crippen LogP contribution in [-0.4, -0.2) is 58.0 Å². The zero-order valence-electron chi connectivity index (χ0n) is 21.9. The lowest BCUT2D eigenvalue weighted by Gasteiger charge is -2.36. The summed E-state index contributed by atoms with van der Waals surface area (Å²) in [4.78, 5) is 41.7. The van der Waals surface area contributed by atoms with Gasteiger partial charge < -0.3 is 20.3 Å². The Balaban J connectivity index is 2.42. The van der Waals surface area contributed by atoms with Crippen molar-refractivity contribution < 1.29 is 19.1 Å². The highest BCUT2D eigenvalue weighted by atomic mass is 32.2. The Labute approximate surface area is 208 Å². The lowest BCUT2D eigenvalue weighted by molar-refractivity contribution is -0.143. The van der Waals surface area contributed by atoms with Crippen molar-refractivity contribution >= 4 is 29.7 Å². The van der Waals surface area contributed by atoms with Crippen molar-refractivity contribution in [3.05, 3.63) is 35.4 Å². The Kier molecular flexibility index (Phi) is 9.45. The molecule has 0 aliphatic heterocycles. The van der Waals surface area contributed by atoms with E-state index in [0.29, 0.717) is 12.2 Å². The summed E-state index contributed by atoms with van der Waals surface area (Å²) in [6.45, 7) is 13.1. The zero-order chi connectivity index (χ0) is 25.7. The minimum absolute atomic E-state index is 0.0401. The maximum Gasteiger partial charge on any atom is 0.408 e. The summed E-state index contributed by atoms with van der Waals surface area (Å²) in [6, 6.07) is 6.11. The third-order valence-corrected chi connectivity index (χ3v) is 5.86. The van der Waals surface area contributed by atoms with Gasteiger partial charge in [0.15, 0.2) is 0 Å². The highest BCUT2D eigenvalue weighted by molar-refractivity contribution is 7.98. The van der Waals surface area contributed by atoms with E-state index >= 15 is 0 Å². The molecular weight excluding hydrogens is 450 g/mol. The molecule has 2 rings (SSSR count). The average Bonchev–Trinajstić information content (AvgIpc) is 3.51. The van der Waals surface area contributed by atoms with Crippen molar-refractivity contribution in [3.8, 4) is 0 Å². The molecule has 1 saturated carbocycles. The maximum atomic E-state index is 13.9. The first-order valence-electron chi connectivity index (χ1n) is 11.9. The molecule has 0 saturated heterocycles. The normalized spacial score (nSPS) is 15.8. The first-order valence-corrected chi connectivity index (χ1v) is 13.3. The van der Waals surface area contributed by atoms with E-state index in [4.69, 9.17) is 4.74 Å². The molecule has 0 heterocycles. The molecular formula is C26H41N3O4S. The fourth-order valence-electron chi connectivity index (χ4n) is 3.62. The summed E-state index contributed by atoms with van der Waals surface area (Å²) in [5, 5.41) is 5.83. The largest absolute Gasteiger partial charge is 0.444 e. The van der Waals surface area contributed by atoms with Crippen LogP contribution in [0.2, 0.25) is 0 Å². The average molecular weight is 492 g/mol. The van der Waals surface area contributed by atoms with Gasteiger partial charge >= 0.3 is 6.09 Å². The number of aryl methyl sites for hydroxylation is 1. The summed E-state index contributed by atoms with van der Waals surface area (Å²) < 4.78 is 5.42. The van der Waals surface area contributed by atoms with Gasteiger partial charge in [-0.15, -0.1) is 0 Å². The van der Waals surface area contributed by atoms with E-state index in [0.717, 1.165) is 24.0 Å². The molecule has 7 nitrogen and oxygen atoms in total. The Hall–Kier alpha value is -2.22. The van der Waals surface area contributed by atoms with Gasteiger partial charge in [0, 0.05) is 11.6 Å². The summed E-state index contributed by atoms with van der Waals surface area (Å²) in [5.41, 5.74) is 0.705. The maximum absolute atomic E-state index is 13.9. The van der Waals surface area contributed by atoms with E-state index in [9.17, 15) is 14.4 Å². The monoisotopic (exact) mass is 491 g/mol. The van der Waals surface area contributed by atoms with E-state index in [1.54, 1.807) is 37.4 Å². The molecule has 0 radical (unpaired) electrons. The second-order valence-corrected chi connectivity index (χ2v) is 12.0. The molecule has 1 aromatic carbocycles. The van der Waals surface area contributed by atoms with Crippen LogP contribution in [0.4, 0.5) is 4.79 Å². The first kappa shape index (κ1) is 28.0. The van der Waals surface area contributed by atoms with Crippen molar-refractivity contribution in [2.24, 2.45) is 0 Å². The van der Waals surface area contributed by atoms with Crippen LogP contribution < -0.4 is 10.6 Å². The van der Waals surface area contributed by atoms with Crippen LogP contribution in [0.3, 0.4) is 0 Å². The van der Waals surface area contributed by atoms with Gasteiger partial charge in [0.2, 0.25) is 11.8 Å². The summed E-state index contributed by atoms with van der Waals surface area (Å²) in [7, 11) is 0. The van der Waals surface area contributed by atoms with Crippen LogP contribution in [0.1, 0.15) is 78.0 Å². The van der Waals surface area contributed by atoms with Crippen molar-refractivity contribution in [3.63, 3.8) is 0 Å². The van der Waals surface area contributed by atoms with Gasteiger partial charge in [0.05, 0.1) is 0 Å². The zero-order valence-corrected chi connectivity index (χ0v) is 22.7. The van der Waals surface area contributed by atoms with E-state index in [1.807, 2.05) is 58.2 Å². The molecule has 0 bridgehead atoms. The molecule has 0 aromatic heterocycles. The minimum atomic E-state index is -0.781. The van der Waals surface area contributed by atoms with Crippen molar-refractivity contribution in [2.75, 3.05) is 12.0 Å². The third-order valence-electron chi connectivity index (χ3n) is 5.21. The highest BCUT2D eigenvalue weighted by Crippen LogP contribution is 2.36. The summed E-state index contributed by atoms with van der Waals surface area (Å²) >= 11 is 1.60. The Morgan fingerprint density at radius 3 is 2.15 bits per heavy atom. The lowest BCUT2D eigenvalue weighted by atomic mass is 9.99. The number of rotatable bonds is 9. The SMILES string of the molecule is CSCCC(NC(=O)OC(C)(C)C)C(=O)N(C1CC1)C(C(=O)NC(C)(C)C)c1ccc(C)cc1. The number of amides is 3. The fourth-order valence-corrected chi connectivity index (χ4v) is 4.09. The van der Waals surface area contributed by atoms with Gasteiger partial charge in [-0.2, -0.15) is 11.8 Å². The molecule has 190 valence electrons. The number of carbonyl (C=O) groups is 3. The molecule has 1 aliphatic carbocycles. The third kappa shape index (κ3) is 8.85. The number of thioether (sulfide) groups is 1. The van der Waals surface area contributed by atoms with E-state index in [2.05, 4.69) is 10.6 Å².